The molecule has 4 aromatic carbocycles. The van der Waals surface area contributed by atoms with Crippen LogP contribution in [0.5, 0.6) is 0 Å². The van der Waals surface area contributed by atoms with Gasteiger partial charge in [-0.25, -0.2) is 4.70 Å². The molecule has 0 unspecified atom stereocenters. The van der Waals surface area contributed by atoms with Crippen molar-refractivity contribution in [1.29, 1.82) is 0 Å². The van der Waals surface area contributed by atoms with Gasteiger partial charge in [0.1, 0.15) is 0 Å². The third-order valence-corrected chi connectivity index (χ3v) is 13.4. The molecule has 0 aliphatic carbocycles. The average molecular weight is 940 g/mol. The number of benzene rings is 4. The summed E-state index contributed by atoms with van der Waals surface area (Å²) in [7, 11) is 0. The normalized spacial score (nSPS) is 12.6. The summed E-state index contributed by atoms with van der Waals surface area (Å²) in [4.78, 5) is 0. The van der Waals surface area contributed by atoms with Crippen LogP contribution in [0.15, 0.2) is 120 Å². The summed E-state index contributed by atoms with van der Waals surface area (Å²) in [5.41, 5.74) is 24.2. The van der Waals surface area contributed by atoms with Gasteiger partial charge in [-0.15, -0.1) is 0 Å². The predicted octanol–water partition coefficient (Wildman–Crippen LogP) is 19.1. The van der Waals surface area contributed by atoms with E-state index in [1.165, 1.54) is 150 Å². The van der Waals surface area contributed by atoms with Gasteiger partial charge in [0.2, 0.25) is 11.4 Å². The molecule has 0 saturated heterocycles. The van der Waals surface area contributed by atoms with Gasteiger partial charge in [0.15, 0.2) is 0 Å². The van der Waals surface area contributed by atoms with E-state index in [0.29, 0.717) is 13.2 Å². The molecule has 0 atom stereocenters. The number of hydrogen-bond acceptors (Lipinski definition) is 2. The van der Waals surface area contributed by atoms with Crippen molar-refractivity contribution in [3.05, 3.63) is 159 Å². The molecule has 66 heavy (non-hydrogen) atoms. The van der Waals surface area contributed by atoms with Gasteiger partial charge in [0.05, 0.1) is 0 Å². The Labute approximate surface area is 410 Å². The molecule has 0 radical (unpaired) electrons. The van der Waals surface area contributed by atoms with Crippen molar-refractivity contribution in [3.63, 3.8) is 0 Å². The van der Waals surface area contributed by atoms with E-state index in [1.807, 2.05) is 60.7 Å². The van der Waals surface area contributed by atoms with E-state index >= 15 is 0 Å². The van der Waals surface area contributed by atoms with Crippen LogP contribution < -0.4 is 0 Å². The molecule has 364 valence electrons. The topological polar surface area (TPSA) is 43.8 Å². The first-order valence-electron chi connectivity index (χ1n) is 26.6. The molecule has 1 aliphatic heterocycles. The van der Waals surface area contributed by atoms with Gasteiger partial charge >= 0.3 is 108 Å². The summed E-state index contributed by atoms with van der Waals surface area (Å²) >= 11 is 0.863. The maximum absolute atomic E-state index is 12.0. The van der Waals surface area contributed by atoms with Crippen LogP contribution in [-0.2, 0) is 48.9 Å². The number of nitrogens with zero attached hydrogens (tertiary/aromatic N) is 2. The third kappa shape index (κ3) is 21.6. The maximum atomic E-state index is 12.0. The molecule has 4 nitrogen and oxygen atoms in total. The fourth-order valence-corrected chi connectivity index (χ4v) is 9.52. The molecule has 0 amide bonds. The van der Waals surface area contributed by atoms with E-state index in [1.54, 1.807) is 4.70 Å². The van der Waals surface area contributed by atoms with Crippen molar-refractivity contribution in [1.82, 2.24) is 0 Å². The van der Waals surface area contributed by atoms with Crippen molar-refractivity contribution in [2.24, 2.45) is 0 Å². The third-order valence-electron chi connectivity index (χ3n) is 12.9. The van der Waals surface area contributed by atoms with Crippen LogP contribution in [0.3, 0.4) is 0 Å². The molecule has 0 N–H and O–H groups in total. The van der Waals surface area contributed by atoms with Crippen LogP contribution >= 0.6 is 0 Å². The molecule has 5 rings (SSSR count). The molecule has 4 aromatic rings. The molecule has 1 aliphatic rings. The van der Waals surface area contributed by atoms with Crippen molar-refractivity contribution >= 4 is 11.4 Å². The van der Waals surface area contributed by atoms with Crippen molar-refractivity contribution in [2.75, 3.05) is 0 Å². The van der Waals surface area contributed by atoms with Gasteiger partial charge in [-0.2, -0.15) is 0 Å². The summed E-state index contributed by atoms with van der Waals surface area (Å²) in [6.45, 7) is 10.2. The molecule has 0 spiro atoms. The number of unbranched alkanes of at least 4 members (excludes halogenated alkanes) is 19. The first kappa shape index (κ1) is 55.0. The van der Waals surface area contributed by atoms with Crippen LogP contribution in [0.1, 0.15) is 222 Å². The summed E-state index contributed by atoms with van der Waals surface area (Å²) in [6, 6.07) is 38.1. The minimum atomic E-state index is 0.565. The monoisotopic (exact) mass is 939 g/mol. The van der Waals surface area contributed by atoms with Gasteiger partial charge in [-0.3, -0.25) is 0 Å². The summed E-state index contributed by atoms with van der Waals surface area (Å²) in [6.07, 6.45) is 35.2. The van der Waals surface area contributed by atoms with E-state index in [9.17, 15) is 5.53 Å². The Morgan fingerprint density at radius 2 is 0.697 bits per heavy atom. The minimum absolute atomic E-state index is 0.565. The molecule has 0 saturated carbocycles. The van der Waals surface area contributed by atoms with Crippen LogP contribution in [-0.4, -0.2) is 4.70 Å². The molecular formula is C61H88N2NiO2. The van der Waals surface area contributed by atoms with Gasteiger partial charge in [-0.1, -0.05) is 174 Å². The SMILES string of the molecule is CCCCCCCCCCCCCCCCCCCc1cccc(C2=C(CCCC)C(CCCC)=C(c3cccc(CCCC)c3)[N+]2=[N-])c1.c1ccc(C[O][Ni][O]Cc2ccccc2)cc1. The van der Waals surface area contributed by atoms with Crippen LogP contribution in [0.25, 0.3) is 16.9 Å². The first-order valence-corrected chi connectivity index (χ1v) is 27.5. The van der Waals surface area contributed by atoms with E-state index in [2.05, 4.69) is 76.2 Å². The zero-order chi connectivity index (χ0) is 46.7. The van der Waals surface area contributed by atoms with Gasteiger partial charge in [-0.05, 0) is 86.8 Å². The second-order valence-electron chi connectivity index (χ2n) is 18.6. The van der Waals surface area contributed by atoms with E-state index < -0.39 is 0 Å². The first-order chi connectivity index (χ1) is 32.6. The average Bonchev–Trinajstić information content (AvgIpc) is 3.63. The van der Waals surface area contributed by atoms with Crippen LogP contribution in [0, 0.1) is 0 Å². The predicted molar refractivity (Wildman–Crippen MR) is 278 cm³/mol. The number of hydrogen-bond donors (Lipinski definition) is 0. The fourth-order valence-electron chi connectivity index (χ4n) is 8.99. The second-order valence-corrected chi connectivity index (χ2v) is 19.3. The van der Waals surface area contributed by atoms with Gasteiger partial charge < -0.3 is 5.53 Å². The quantitative estimate of drug-likeness (QED) is 0.0262. The molecular weight excluding hydrogens is 851 g/mol. The van der Waals surface area contributed by atoms with E-state index in [-0.39, 0.29) is 0 Å². The van der Waals surface area contributed by atoms with Gasteiger partial charge in [0.25, 0.3) is 0 Å². The van der Waals surface area contributed by atoms with Gasteiger partial charge in [0, 0.05) is 22.3 Å². The van der Waals surface area contributed by atoms with E-state index in [4.69, 9.17) is 7.76 Å². The zero-order valence-electron chi connectivity index (χ0n) is 41.9. The standard InChI is InChI=1S/C47H74N2.2C7H7O.Ni/c1-5-9-13-14-15-16-17-18-19-20-21-22-23-24-25-26-27-31-41-33-29-35-43(39-41)47-45(37-12-8-4)44(36-11-7-3)46(49(47)48)42-34-28-32-40(38-42)30-10-6-2;2*8-6-7-4-2-1-3-5-7;/h28-29,32-35,38-39H,5-27,30-31,36-37H2,1-4H3;2*1-5H,6H2;/q;2*-1;+2. The Hall–Kier alpha value is -3.63. The summed E-state index contributed by atoms with van der Waals surface area (Å²) in [5.74, 6) is 0. The Bertz CT molecular complexity index is 1900. The Kier molecular flexibility index (Phi) is 29.6. The fraction of sp³-hybridized carbons (Fsp3) is 0.541. The summed E-state index contributed by atoms with van der Waals surface area (Å²) in [5, 5.41) is 0. The van der Waals surface area contributed by atoms with Crippen molar-refractivity contribution < 1.29 is 27.5 Å². The van der Waals surface area contributed by atoms with Crippen molar-refractivity contribution in [3.8, 4) is 0 Å². The zero-order valence-corrected chi connectivity index (χ0v) is 42.9. The van der Waals surface area contributed by atoms with Crippen LogP contribution in [0.2, 0.25) is 0 Å². The molecule has 5 heteroatoms. The Morgan fingerprint density at radius 3 is 1.09 bits per heavy atom. The number of allylic oxidation sites excluding steroid dienone is 2. The molecule has 0 bridgehead atoms. The molecule has 1 heterocycles. The molecule has 0 aromatic heterocycles. The Morgan fingerprint density at radius 1 is 0.364 bits per heavy atom. The van der Waals surface area contributed by atoms with Crippen molar-refractivity contribution in [2.45, 2.75) is 214 Å². The van der Waals surface area contributed by atoms with Crippen LogP contribution in [0.4, 0.5) is 0 Å². The second kappa shape index (κ2) is 35.5. The number of aryl methyl sites for hydroxylation is 2. The molecule has 0 fully saturated rings. The number of rotatable bonds is 35. The van der Waals surface area contributed by atoms with E-state index in [0.717, 1.165) is 94.5 Å². The Balaban J connectivity index is 0.000000465. The summed E-state index contributed by atoms with van der Waals surface area (Å²) < 4.78 is 12.3.